The molecule has 0 aliphatic heterocycles. The molecule has 11 rings (SSSR count). The van der Waals surface area contributed by atoms with Gasteiger partial charge in [-0.05, 0) is 183 Å². The maximum Gasteiger partial charge on any atom is 0.134 e. The number of unbranched alkanes of at least 4 members (excludes halogenated alkanes) is 22. The number of hydrogen-bond donors (Lipinski definition) is 0. The average molecular weight is 1670 g/mol. The van der Waals surface area contributed by atoms with Crippen LogP contribution in [0.15, 0.2) is 83.9 Å². The molecule has 0 bridgehead atoms. The van der Waals surface area contributed by atoms with Crippen LogP contribution in [-0.4, -0.2) is 9.97 Å². The highest BCUT2D eigenvalue weighted by molar-refractivity contribution is 7.32. The average Bonchev–Trinajstić information content (AvgIpc) is 1.55. The molecule has 0 aliphatic carbocycles. The molecule has 0 fully saturated rings. The second-order valence-corrected chi connectivity index (χ2v) is 41.6. The predicted octanol–water partition coefficient (Wildman–Crippen LogP) is 34.7. The molecule has 0 spiro atoms. The van der Waals surface area contributed by atoms with Gasteiger partial charge in [0.1, 0.15) is 45.4 Å². The van der Waals surface area contributed by atoms with Gasteiger partial charge in [-0.3, -0.25) is 0 Å². The maximum absolute atomic E-state index is 9.86. The SMILES string of the molecule is CCCCCCCCc1cc(C=C(C#N)C#N)sc1-c1ccc(-c2sc(-c3nc4c(-c5ccc(CC(CC)CCCC)s5)c5sc(-c6cc(CCCCCCCC)c(-c7ccc(-c8sc(C=C(C#N)C#N)cc8CCCCCCCC)s7)s6)nc5c(-c5ccc(CC(CC)CCCC)s5)c4s3)cc2CCCCCCCC)s1. The second kappa shape index (κ2) is 45.5. The molecule has 2 atom stereocenters. The fraction of sp³-hybridized carbons (Fsp3) is 0.500. The minimum Gasteiger partial charge on any atom is -0.234 e. The van der Waals surface area contributed by atoms with E-state index in [9.17, 15) is 21.0 Å². The van der Waals surface area contributed by atoms with E-state index in [2.05, 4.69) is 152 Å². The first-order valence-corrected chi connectivity index (χ1v) is 50.9. The number of benzene rings is 1. The summed E-state index contributed by atoms with van der Waals surface area (Å²) in [6, 6.07) is 37.2. The van der Waals surface area contributed by atoms with E-state index in [1.54, 1.807) is 34.8 Å². The molecule has 0 saturated carbocycles. The molecule has 10 aromatic heterocycles. The Morgan fingerprint density at radius 2 is 0.625 bits per heavy atom. The van der Waals surface area contributed by atoms with Crippen LogP contribution in [0.4, 0.5) is 0 Å². The largest absolute Gasteiger partial charge is 0.234 e. The van der Waals surface area contributed by atoms with E-state index in [4.69, 9.17) is 9.97 Å². The van der Waals surface area contributed by atoms with E-state index in [0.717, 1.165) is 95.0 Å². The normalized spacial score (nSPS) is 12.1. The number of fused-ring (bicyclic) bond motifs is 2. The van der Waals surface area contributed by atoms with Gasteiger partial charge in [0.05, 0.1) is 30.2 Å². The first kappa shape index (κ1) is 86.9. The third-order valence-corrected chi connectivity index (χ3v) is 34.3. The van der Waals surface area contributed by atoms with Crippen molar-refractivity contribution in [1.29, 1.82) is 21.0 Å². The van der Waals surface area contributed by atoms with Gasteiger partial charge >= 0.3 is 0 Å². The lowest BCUT2D eigenvalue weighted by Crippen LogP contribution is -2.01. The molecular weight excluding hydrogens is 1560 g/mol. The van der Waals surface area contributed by atoms with Crippen LogP contribution in [0.25, 0.3) is 112 Å². The Morgan fingerprint density at radius 1 is 0.321 bits per heavy atom. The molecule has 590 valence electrons. The van der Waals surface area contributed by atoms with Crippen molar-refractivity contribution in [2.75, 3.05) is 0 Å². The van der Waals surface area contributed by atoms with Crippen molar-refractivity contribution in [3.05, 3.63) is 126 Å². The van der Waals surface area contributed by atoms with E-state index in [1.807, 2.05) is 90.7 Å². The van der Waals surface area contributed by atoms with Crippen molar-refractivity contribution in [3.63, 3.8) is 0 Å². The van der Waals surface area contributed by atoms with Crippen LogP contribution in [0.3, 0.4) is 0 Å². The number of thiazole rings is 2. The highest BCUT2D eigenvalue weighted by Crippen LogP contribution is 2.56. The summed E-state index contributed by atoms with van der Waals surface area (Å²) in [4.78, 5) is 32.4. The van der Waals surface area contributed by atoms with Crippen LogP contribution in [-0.2, 0) is 38.5 Å². The summed E-state index contributed by atoms with van der Waals surface area (Å²) in [6.45, 7) is 18.6. The van der Waals surface area contributed by atoms with Crippen molar-refractivity contribution >= 4 is 146 Å². The summed E-state index contributed by atoms with van der Waals surface area (Å²) in [5, 5.41) is 41.6. The molecule has 11 aromatic rings. The molecule has 0 aliphatic rings. The van der Waals surface area contributed by atoms with E-state index in [0.29, 0.717) is 11.8 Å². The Bertz CT molecular complexity index is 4620. The van der Waals surface area contributed by atoms with Crippen LogP contribution in [0.1, 0.15) is 303 Å². The van der Waals surface area contributed by atoms with Crippen molar-refractivity contribution in [1.82, 2.24) is 9.97 Å². The maximum atomic E-state index is 9.86. The van der Waals surface area contributed by atoms with Crippen LogP contribution in [0.5, 0.6) is 0 Å². The van der Waals surface area contributed by atoms with Gasteiger partial charge in [0.15, 0.2) is 0 Å². The van der Waals surface area contributed by atoms with Crippen LogP contribution >= 0.6 is 113 Å². The van der Waals surface area contributed by atoms with Gasteiger partial charge in [-0.15, -0.1) is 113 Å². The summed E-state index contributed by atoms with van der Waals surface area (Å²) >= 11 is 18.9. The smallest absolute Gasteiger partial charge is 0.134 e. The molecule has 6 nitrogen and oxygen atoms in total. The van der Waals surface area contributed by atoms with E-state index < -0.39 is 0 Å². The molecule has 112 heavy (non-hydrogen) atoms. The van der Waals surface area contributed by atoms with E-state index >= 15 is 0 Å². The Balaban J connectivity index is 1.08. The topological polar surface area (TPSA) is 121 Å². The lowest BCUT2D eigenvalue weighted by Gasteiger charge is -2.13. The van der Waals surface area contributed by atoms with Gasteiger partial charge in [-0.25, -0.2) is 9.97 Å². The summed E-state index contributed by atoms with van der Waals surface area (Å²) in [6.07, 6.45) is 49.2. The molecule has 2 unspecified atom stereocenters. The Morgan fingerprint density at radius 3 is 0.946 bits per heavy atom. The zero-order valence-electron chi connectivity index (χ0n) is 67.9. The van der Waals surface area contributed by atoms with Gasteiger partial charge < -0.3 is 0 Å². The predicted molar refractivity (Wildman–Crippen MR) is 500 cm³/mol. The number of rotatable bonds is 50. The van der Waals surface area contributed by atoms with E-state index in [1.165, 1.54) is 291 Å². The monoisotopic (exact) mass is 1670 g/mol. The number of aromatic nitrogens is 2. The number of hydrogen-bond acceptors (Lipinski definition) is 16. The summed E-state index contributed by atoms with van der Waals surface area (Å²) in [7, 11) is 0. The summed E-state index contributed by atoms with van der Waals surface area (Å²) < 4.78 is 2.46. The van der Waals surface area contributed by atoms with E-state index in [-0.39, 0.29) is 11.1 Å². The van der Waals surface area contributed by atoms with Gasteiger partial charge in [-0.2, -0.15) is 21.0 Å². The molecule has 10 heterocycles. The fourth-order valence-corrected chi connectivity index (χ4v) is 27.8. The number of nitrogens with zero attached hydrogens (tertiary/aromatic N) is 6. The first-order chi connectivity index (χ1) is 55.0. The number of thiophene rings is 8. The van der Waals surface area contributed by atoms with Crippen molar-refractivity contribution in [2.24, 2.45) is 11.8 Å². The van der Waals surface area contributed by atoms with Gasteiger partial charge in [0.25, 0.3) is 0 Å². The lowest BCUT2D eigenvalue weighted by atomic mass is 9.95. The zero-order chi connectivity index (χ0) is 78.6. The zero-order valence-corrected chi connectivity index (χ0v) is 76.0. The van der Waals surface area contributed by atoms with Crippen LogP contribution < -0.4 is 0 Å². The highest BCUT2D eigenvalue weighted by Gasteiger charge is 2.30. The standard InChI is InChI=1S/C96H116N6S10/c1-9-17-23-27-31-35-41-69-57-75(55-67(61-97)62-98)105-89(69)79-49-51-81(107-79)91-71(43-37-33-29-25-19-11-3)59-83(109-91)95-101-87-85(77-47-45-73(103-77)53-65(15-7)39-21-13-5)94-88(86(93(87)111-95)78-48-46-74(104-78)54-66(16-8)40-22-14-6)102-96(112-94)84-60-72(44-38-34-30-26-20-12-4)92(110-84)82-52-50-80(108-82)90-70(42-36-32-28-24-18-10-2)58-76(106-90)56-68(63-99)64-100/h45-52,55-60,65-66H,9-44,53-54H2,1-8H3. The summed E-state index contributed by atoms with van der Waals surface area (Å²) in [5.41, 5.74) is 10.4. The lowest BCUT2D eigenvalue weighted by molar-refractivity contribution is 0.452. The molecule has 16 heteroatoms. The molecular formula is C96H116N6S10. The van der Waals surface area contributed by atoms with Gasteiger partial charge in [0.2, 0.25) is 0 Å². The Labute approximate surface area is 711 Å². The summed E-state index contributed by atoms with van der Waals surface area (Å²) in [5.74, 6) is 1.29. The quantitative estimate of drug-likeness (QED) is 0.0277. The minimum absolute atomic E-state index is 0.144. The Kier molecular flexibility index (Phi) is 35.3. The van der Waals surface area contributed by atoms with Gasteiger partial charge in [-0.1, -0.05) is 235 Å². The van der Waals surface area contributed by atoms with Crippen LogP contribution in [0.2, 0.25) is 0 Å². The third-order valence-electron chi connectivity index (χ3n) is 22.1. The molecule has 0 saturated heterocycles. The molecule has 1 aromatic carbocycles. The third kappa shape index (κ3) is 23.2. The van der Waals surface area contributed by atoms with Crippen molar-refractivity contribution in [2.45, 2.75) is 299 Å². The second-order valence-electron chi connectivity index (χ2n) is 30.8. The van der Waals surface area contributed by atoms with Gasteiger partial charge in [0, 0.05) is 79.4 Å². The first-order valence-electron chi connectivity index (χ1n) is 42.7. The molecule has 0 amide bonds. The fourth-order valence-electron chi connectivity index (χ4n) is 15.6. The number of allylic oxidation sites excluding steroid dienone is 2. The van der Waals surface area contributed by atoms with Crippen LogP contribution in [0, 0.1) is 57.2 Å². The van der Waals surface area contributed by atoms with Crippen molar-refractivity contribution < 1.29 is 0 Å². The number of aryl methyl sites for hydroxylation is 4. The number of nitriles is 4. The molecule has 0 radical (unpaired) electrons. The minimum atomic E-state index is 0.144. The highest BCUT2D eigenvalue weighted by atomic mass is 32.1. The van der Waals surface area contributed by atoms with Crippen molar-refractivity contribution in [3.8, 4) is 104 Å². The molecule has 0 N–H and O–H groups in total. The Hall–Kier alpha value is -5.96.